The van der Waals surface area contributed by atoms with Crippen LogP contribution in [0.5, 0.6) is 0 Å². The number of carbonyl (C=O) groups excluding carboxylic acids is 1. The molecule has 0 bridgehead atoms. The molecule has 3 unspecified atom stereocenters. The van der Waals surface area contributed by atoms with Crippen molar-refractivity contribution in [3.05, 3.63) is 47.6 Å². The Bertz CT molecular complexity index is 1250. The zero-order chi connectivity index (χ0) is 32.2. The minimum atomic E-state index is -4.71. The summed E-state index contributed by atoms with van der Waals surface area (Å²) in [5.41, 5.74) is 4.80. The van der Waals surface area contributed by atoms with E-state index in [0.29, 0.717) is 23.7 Å². The monoisotopic (exact) mass is 638 g/mol. The summed E-state index contributed by atoms with van der Waals surface area (Å²) in [6.45, 7) is 9.82. The number of aromatic nitrogens is 3. The van der Waals surface area contributed by atoms with Gasteiger partial charge in [0.1, 0.15) is 5.70 Å². The number of halogens is 3. The maximum absolute atomic E-state index is 12.7. The van der Waals surface area contributed by atoms with Crippen LogP contribution < -0.4 is 10.7 Å². The average molecular weight is 639 g/mol. The van der Waals surface area contributed by atoms with Gasteiger partial charge in [0.25, 0.3) is 5.91 Å². The molecule has 0 aromatic carbocycles. The first-order chi connectivity index (χ1) is 21.3. The fourth-order valence-electron chi connectivity index (χ4n) is 5.77. The Labute approximate surface area is 262 Å². The number of hydrogen-bond acceptors (Lipinski definition) is 10. The Balaban J connectivity index is 0.962. The van der Waals surface area contributed by atoms with E-state index in [9.17, 15) is 18.0 Å². The van der Waals surface area contributed by atoms with Crippen LogP contribution >= 0.6 is 0 Å². The topological polar surface area (TPSA) is 113 Å². The zero-order valence-electron chi connectivity index (χ0n) is 26.4. The van der Waals surface area contributed by atoms with Gasteiger partial charge in [-0.2, -0.15) is 0 Å². The number of likely N-dealkylation sites (tertiary alicyclic amines) is 1. The number of epoxide rings is 1. The van der Waals surface area contributed by atoms with Crippen molar-refractivity contribution >= 4 is 5.91 Å². The second-order valence-electron chi connectivity index (χ2n) is 13.0. The van der Waals surface area contributed by atoms with Gasteiger partial charge in [0.2, 0.25) is 0 Å². The number of aryl methyl sites for hydroxylation is 1. The molecule has 15 heteroatoms. The van der Waals surface area contributed by atoms with E-state index in [1.165, 1.54) is 12.2 Å². The van der Waals surface area contributed by atoms with Crippen LogP contribution in [0.3, 0.4) is 0 Å². The van der Waals surface area contributed by atoms with Crippen LogP contribution in [0.25, 0.3) is 0 Å². The van der Waals surface area contributed by atoms with Gasteiger partial charge in [-0.25, -0.2) is 0 Å². The van der Waals surface area contributed by atoms with E-state index in [0.717, 1.165) is 57.4 Å². The van der Waals surface area contributed by atoms with Crippen molar-refractivity contribution in [1.29, 1.82) is 0 Å². The summed E-state index contributed by atoms with van der Waals surface area (Å²) in [5.74, 6) is 0.222. The first kappa shape index (κ1) is 33.4. The number of rotatable bonds is 13. The molecular weight excluding hydrogens is 593 g/mol. The van der Waals surface area contributed by atoms with Crippen molar-refractivity contribution in [2.75, 3.05) is 33.2 Å². The third-order valence-corrected chi connectivity index (χ3v) is 8.08. The summed E-state index contributed by atoms with van der Waals surface area (Å²) in [7, 11) is 1.82. The van der Waals surface area contributed by atoms with Gasteiger partial charge in [0, 0.05) is 58.6 Å². The van der Waals surface area contributed by atoms with Gasteiger partial charge >= 0.3 is 6.36 Å². The van der Waals surface area contributed by atoms with Crippen molar-refractivity contribution in [3.8, 4) is 0 Å². The molecule has 5 rings (SSSR count). The van der Waals surface area contributed by atoms with E-state index in [-0.39, 0.29) is 37.0 Å². The lowest BCUT2D eigenvalue weighted by Gasteiger charge is -2.30. The van der Waals surface area contributed by atoms with Crippen LogP contribution in [0.4, 0.5) is 13.2 Å². The SMILES string of the molecule is CN1NC(C(=O)NCC2=CC=CC(OC(F)(F)F)C2)=CN1CCCCc1cn(CC2CCN(C3OC3OC(C)(C)C)CC2)nn1. The van der Waals surface area contributed by atoms with Crippen LogP contribution in [0.15, 0.2) is 41.9 Å². The molecule has 3 atom stereocenters. The van der Waals surface area contributed by atoms with Crippen LogP contribution in [0.1, 0.15) is 58.6 Å². The molecule has 250 valence electrons. The number of carbonyl (C=O) groups is 1. The molecule has 2 fully saturated rings. The van der Waals surface area contributed by atoms with Gasteiger partial charge in [-0.1, -0.05) is 23.4 Å². The van der Waals surface area contributed by atoms with E-state index in [1.54, 1.807) is 17.4 Å². The number of ether oxygens (including phenoxy) is 3. The van der Waals surface area contributed by atoms with Crippen LogP contribution in [-0.4, -0.2) is 99.7 Å². The third kappa shape index (κ3) is 10.3. The lowest BCUT2D eigenvalue weighted by molar-refractivity contribution is -0.336. The molecular formula is C30H45F3N8O4. The standard InChI is InChI=1S/C30H45F3N8O4/c1-29(2,3)45-28-27(43-28)39-14-11-21(12-15-39)18-40-19-23(35-37-40)9-5-6-13-41-20-25(36-38(41)4)26(42)34-17-22-8-7-10-24(16-22)44-30(31,32)33/h7-8,10,19-21,24,27-28,36H,5-6,9,11-18H2,1-4H3,(H,34,42). The number of hydrogen-bond donors (Lipinski definition) is 2. The Kier molecular flexibility index (Phi) is 10.5. The zero-order valence-corrected chi connectivity index (χ0v) is 26.4. The molecule has 0 radical (unpaired) electrons. The molecule has 4 heterocycles. The highest BCUT2D eigenvalue weighted by Gasteiger charge is 2.47. The molecule has 2 N–H and O–H groups in total. The number of allylic oxidation sites excluding steroid dienone is 2. The maximum atomic E-state index is 12.7. The summed E-state index contributed by atoms with van der Waals surface area (Å²) in [5, 5.41) is 15.1. The van der Waals surface area contributed by atoms with E-state index < -0.39 is 12.5 Å². The van der Waals surface area contributed by atoms with Gasteiger partial charge in [-0.3, -0.25) is 29.5 Å². The van der Waals surface area contributed by atoms with Gasteiger partial charge in [-0.05, 0) is 64.4 Å². The van der Waals surface area contributed by atoms with Crippen LogP contribution in [0, 0.1) is 5.92 Å². The van der Waals surface area contributed by atoms with Crippen molar-refractivity contribution in [2.45, 2.75) is 96.4 Å². The second-order valence-corrected chi connectivity index (χ2v) is 13.0. The van der Waals surface area contributed by atoms with E-state index in [1.807, 2.05) is 43.7 Å². The molecule has 1 aliphatic carbocycles. The molecule has 3 aliphatic heterocycles. The Morgan fingerprint density at radius 3 is 2.69 bits per heavy atom. The van der Waals surface area contributed by atoms with Gasteiger partial charge in [-0.15, -0.1) is 23.4 Å². The highest BCUT2D eigenvalue weighted by atomic mass is 19.4. The Morgan fingerprint density at radius 2 is 1.96 bits per heavy atom. The summed E-state index contributed by atoms with van der Waals surface area (Å²) in [6.07, 6.45) is 7.36. The van der Waals surface area contributed by atoms with Crippen LogP contribution in [-0.2, 0) is 32.0 Å². The summed E-state index contributed by atoms with van der Waals surface area (Å²) in [4.78, 5) is 15.0. The second kappa shape index (κ2) is 14.2. The van der Waals surface area contributed by atoms with Gasteiger partial charge in [0.05, 0.1) is 17.4 Å². The van der Waals surface area contributed by atoms with Crippen molar-refractivity contribution in [2.24, 2.45) is 5.92 Å². The third-order valence-electron chi connectivity index (χ3n) is 8.08. The maximum Gasteiger partial charge on any atom is 0.523 e. The average Bonchev–Trinajstić information content (AvgIpc) is 3.37. The highest BCUT2D eigenvalue weighted by Crippen LogP contribution is 2.34. The molecule has 0 saturated carbocycles. The van der Waals surface area contributed by atoms with E-state index in [4.69, 9.17) is 9.47 Å². The molecule has 1 aromatic heterocycles. The molecule has 45 heavy (non-hydrogen) atoms. The predicted molar refractivity (Wildman–Crippen MR) is 158 cm³/mol. The fraction of sp³-hybridized carbons (Fsp3) is 0.700. The van der Waals surface area contributed by atoms with E-state index >= 15 is 0 Å². The number of alkyl halides is 3. The number of nitrogens with one attached hydrogen (secondary N) is 2. The normalized spacial score (nSPS) is 24.9. The quantitative estimate of drug-likeness (QED) is 0.247. The summed E-state index contributed by atoms with van der Waals surface area (Å²) in [6, 6.07) is 0. The lowest BCUT2D eigenvalue weighted by atomic mass is 9.97. The molecule has 2 saturated heterocycles. The van der Waals surface area contributed by atoms with Crippen molar-refractivity contribution in [3.63, 3.8) is 0 Å². The highest BCUT2D eigenvalue weighted by molar-refractivity contribution is 5.93. The minimum absolute atomic E-state index is 0.0621. The largest absolute Gasteiger partial charge is 0.523 e. The minimum Gasteiger partial charge on any atom is -0.347 e. The summed E-state index contributed by atoms with van der Waals surface area (Å²) >= 11 is 0. The Hall–Kier alpha value is -2.98. The lowest BCUT2D eigenvalue weighted by Crippen LogP contribution is -2.41. The number of hydrazine groups is 2. The van der Waals surface area contributed by atoms with E-state index in [2.05, 4.69) is 30.7 Å². The number of piperidine rings is 1. The van der Waals surface area contributed by atoms with Crippen LogP contribution in [0.2, 0.25) is 0 Å². The number of unbranched alkanes of at least 4 members (excludes halogenated alkanes) is 1. The van der Waals surface area contributed by atoms with Crippen molar-refractivity contribution < 1.29 is 32.2 Å². The molecule has 12 nitrogen and oxygen atoms in total. The fourth-order valence-corrected chi connectivity index (χ4v) is 5.77. The van der Waals surface area contributed by atoms with Gasteiger partial charge in [0.15, 0.2) is 12.5 Å². The molecule has 1 amide bonds. The van der Waals surface area contributed by atoms with Gasteiger partial charge < -0.3 is 14.8 Å². The smallest absolute Gasteiger partial charge is 0.347 e. The molecule has 4 aliphatic rings. The molecule has 0 spiro atoms. The summed E-state index contributed by atoms with van der Waals surface area (Å²) < 4.78 is 55.3. The number of amides is 1. The van der Waals surface area contributed by atoms with Crippen molar-refractivity contribution in [1.82, 2.24) is 40.8 Å². The first-order valence-electron chi connectivity index (χ1n) is 15.7. The Morgan fingerprint density at radius 1 is 1.18 bits per heavy atom. The molecule has 1 aromatic rings. The number of nitrogens with zero attached hydrogens (tertiary/aromatic N) is 6. The first-order valence-corrected chi connectivity index (χ1v) is 15.7. The predicted octanol–water partition coefficient (Wildman–Crippen LogP) is 3.23.